The van der Waals surface area contributed by atoms with Crippen molar-refractivity contribution in [3.05, 3.63) is 23.2 Å². The molecule has 0 saturated carbocycles. The normalized spacial score (nSPS) is 10.1. The van der Waals surface area contributed by atoms with Crippen LogP contribution in [0.5, 0.6) is 0 Å². The molecule has 0 saturated heterocycles. The Kier molecular flexibility index (Phi) is 3.12. The molecule has 1 N–H and O–H groups in total. The monoisotopic (exact) mass is 181 g/mol. The summed E-state index contributed by atoms with van der Waals surface area (Å²) in [6.45, 7) is 6.37. The molecule has 0 radical (unpaired) electrons. The molecule has 0 aliphatic heterocycles. The molecule has 0 spiro atoms. The van der Waals surface area contributed by atoms with E-state index in [1.807, 2.05) is 13.8 Å². The van der Waals surface area contributed by atoms with Gasteiger partial charge in [-0.1, -0.05) is 6.92 Å². The molecule has 0 atom stereocenters. The summed E-state index contributed by atoms with van der Waals surface area (Å²) in [6.07, 6.45) is 0.946. The van der Waals surface area contributed by atoms with Gasteiger partial charge in [-0.3, -0.25) is 4.79 Å². The molecule has 0 aliphatic rings. The van der Waals surface area contributed by atoms with Crippen LogP contribution in [0.25, 0.3) is 0 Å². The second kappa shape index (κ2) is 4.12. The minimum atomic E-state index is -0.0452. The van der Waals surface area contributed by atoms with Crippen LogP contribution >= 0.6 is 0 Å². The largest absolute Gasteiger partial charge is 0.466 e. The number of hydrogen-bond acceptors (Lipinski definition) is 2. The van der Waals surface area contributed by atoms with Gasteiger partial charge in [0.2, 0.25) is 0 Å². The summed E-state index contributed by atoms with van der Waals surface area (Å²) >= 11 is 0. The van der Waals surface area contributed by atoms with Gasteiger partial charge in [0.1, 0.15) is 11.5 Å². The van der Waals surface area contributed by atoms with Crippen molar-refractivity contribution in [2.24, 2.45) is 0 Å². The first-order valence-corrected chi connectivity index (χ1v) is 4.50. The van der Waals surface area contributed by atoms with E-state index in [4.69, 9.17) is 4.42 Å². The number of rotatable bonds is 3. The lowest BCUT2D eigenvalue weighted by atomic mass is 10.2. The summed E-state index contributed by atoms with van der Waals surface area (Å²) in [6, 6.07) is 1.76. The fourth-order valence-corrected chi connectivity index (χ4v) is 1.19. The van der Waals surface area contributed by atoms with E-state index in [1.54, 1.807) is 13.0 Å². The third kappa shape index (κ3) is 2.34. The zero-order valence-corrected chi connectivity index (χ0v) is 8.31. The quantitative estimate of drug-likeness (QED) is 0.775. The van der Waals surface area contributed by atoms with Gasteiger partial charge in [-0.25, -0.2) is 0 Å². The smallest absolute Gasteiger partial charge is 0.254 e. The third-order valence-electron chi connectivity index (χ3n) is 1.82. The molecule has 1 heterocycles. The molecule has 1 rings (SSSR count). The van der Waals surface area contributed by atoms with Crippen molar-refractivity contribution in [1.82, 2.24) is 5.32 Å². The molecule has 0 aliphatic carbocycles. The lowest BCUT2D eigenvalue weighted by Crippen LogP contribution is -2.24. The molecular formula is C10H15NO2. The Morgan fingerprint density at radius 3 is 2.69 bits per heavy atom. The molecule has 72 valence electrons. The third-order valence-corrected chi connectivity index (χ3v) is 1.82. The highest BCUT2D eigenvalue weighted by atomic mass is 16.3. The Labute approximate surface area is 78.1 Å². The first kappa shape index (κ1) is 9.84. The summed E-state index contributed by atoms with van der Waals surface area (Å²) in [5.41, 5.74) is 0.644. The number of hydrogen-bond donors (Lipinski definition) is 1. The molecule has 3 heteroatoms. The first-order chi connectivity index (χ1) is 6.15. The van der Waals surface area contributed by atoms with Gasteiger partial charge in [-0.2, -0.15) is 0 Å². The summed E-state index contributed by atoms with van der Waals surface area (Å²) in [7, 11) is 0. The van der Waals surface area contributed by atoms with Crippen LogP contribution in [0.3, 0.4) is 0 Å². The average molecular weight is 181 g/mol. The van der Waals surface area contributed by atoms with E-state index >= 15 is 0 Å². The fourth-order valence-electron chi connectivity index (χ4n) is 1.19. The van der Waals surface area contributed by atoms with Crippen LogP contribution in [0.4, 0.5) is 0 Å². The van der Waals surface area contributed by atoms with Gasteiger partial charge in [0.05, 0.1) is 5.56 Å². The fraction of sp³-hybridized carbons (Fsp3) is 0.500. The van der Waals surface area contributed by atoms with E-state index in [0.717, 1.165) is 12.2 Å². The summed E-state index contributed by atoms with van der Waals surface area (Å²) in [5.74, 6) is 1.42. The first-order valence-electron chi connectivity index (χ1n) is 4.50. The van der Waals surface area contributed by atoms with Crippen molar-refractivity contribution in [2.45, 2.75) is 27.2 Å². The van der Waals surface area contributed by atoms with Crippen LogP contribution < -0.4 is 5.32 Å². The van der Waals surface area contributed by atoms with E-state index in [0.29, 0.717) is 17.9 Å². The summed E-state index contributed by atoms with van der Waals surface area (Å²) < 4.78 is 5.25. The Morgan fingerprint density at radius 2 is 2.23 bits per heavy atom. The van der Waals surface area contributed by atoms with E-state index in [2.05, 4.69) is 5.32 Å². The van der Waals surface area contributed by atoms with Crippen LogP contribution in [-0.2, 0) is 0 Å². The topological polar surface area (TPSA) is 42.2 Å². The lowest BCUT2D eigenvalue weighted by molar-refractivity contribution is 0.0952. The van der Waals surface area contributed by atoms with Crippen molar-refractivity contribution in [3.63, 3.8) is 0 Å². The second-order valence-electron chi connectivity index (χ2n) is 3.08. The molecule has 0 fully saturated rings. The Hall–Kier alpha value is -1.25. The van der Waals surface area contributed by atoms with Crippen molar-refractivity contribution in [1.29, 1.82) is 0 Å². The number of aryl methyl sites for hydroxylation is 2. The van der Waals surface area contributed by atoms with Crippen LogP contribution in [-0.4, -0.2) is 12.5 Å². The zero-order chi connectivity index (χ0) is 9.84. The summed E-state index contributed by atoms with van der Waals surface area (Å²) in [4.78, 5) is 11.5. The zero-order valence-electron chi connectivity index (χ0n) is 8.31. The molecule has 1 amide bonds. The molecule has 3 nitrogen and oxygen atoms in total. The van der Waals surface area contributed by atoms with E-state index in [9.17, 15) is 4.79 Å². The van der Waals surface area contributed by atoms with Gasteiger partial charge in [0, 0.05) is 6.54 Å². The van der Waals surface area contributed by atoms with E-state index in [1.165, 1.54) is 0 Å². The van der Waals surface area contributed by atoms with Crippen LogP contribution in [0.1, 0.15) is 35.2 Å². The van der Waals surface area contributed by atoms with Gasteiger partial charge in [0.15, 0.2) is 0 Å². The maximum Gasteiger partial charge on any atom is 0.254 e. The van der Waals surface area contributed by atoms with Crippen LogP contribution in [0.2, 0.25) is 0 Å². The predicted molar refractivity (Wildman–Crippen MR) is 50.8 cm³/mol. The number of nitrogens with one attached hydrogen (secondary N) is 1. The second-order valence-corrected chi connectivity index (χ2v) is 3.08. The minimum absolute atomic E-state index is 0.0452. The van der Waals surface area contributed by atoms with Crippen molar-refractivity contribution in [2.75, 3.05) is 6.54 Å². The van der Waals surface area contributed by atoms with Gasteiger partial charge in [0.25, 0.3) is 5.91 Å². The number of carbonyl (C=O) groups excluding carboxylic acids is 1. The predicted octanol–water partition coefficient (Wildman–Crippen LogP) is 2.04. The van der Waals surface area contributed by atoms with Crippen LogP contribution in [0.15, 0.2) is 10.5 Å². The number of furan rings is 1. The highest BCUT2D eigenvalue weighted by molar-refractivity contribution is 5.95. The highest BCUT2D eigenvalue weighted by Crippen LogP contribution is 2.12. The maximum absolute atomic E-state index is 11.5. The highest BCUT2D eigenvalue weighted by Gasteiger charge is 2.11. The maximum atomic E-state index is 11.5. The van der Waals surface area contributed by atoms with Crippen molar-refractivity contribution >= 4 is 5.91 Å². The Bertz CT molecular complexity index is 302. The summed E-state index contributed by atoms with van der Waals surface area (Å²) in [5, 5.41) is 2.80. The molecule has 0 aromatic carbocycles. The number of carbonyl (C=O) groups is 1. The molecule has 13 heavy (non-hydrogen) atoms. The van der Waals surface area contributed by atoms with Gasteiger partial charge < -0.3 is 9.73 Å². The number of amides is 1. The molecular weight excluding hydrogens is 166 g/mol. The van der Waals surface area contributed by atoms with Gasteiger partial charge in [-0.15, -0.1) is 0 Å². The average Bonchev–Trinajstić information content (AvgIpc) is 2.41. The van der Waals surface area contributed by atoms with Crippen molar-refractivity contribution < 1.29 is 9.21 Å². The minimum Gasteiger partial charge on any atom is -0.466 e. The molecule has 0 unspecified atom stereocenters. The molecule has 0 bridgehead atoms. The molecule has 1 aromatic rings. The Morgan fingerprint density at radius 1 is 1.54 bits per heavy atom. The standard InChI is InChI=1S/C10H15NO2/c1-4-5-11-10(12)9-6-7(2)13-8(9)3/h6H,4-5H2,1-3H3,(H,11,12). The van der Waals surface area contributed by atoms with Crippen LogP contribution in [0, 0.1) is 13.8 Å². The Balaban J connectivity index is 2.70. The van der Waals surface area contributed by atoms with Crippen molar-refractivity contribution in [3.8, 4) is 0 Å². The SMILES string of the molecule is CCCNC(=O)c1cc(C)oc1C. The van der Waals surface area contributed by atoms with Gasteiger partial charge in [-0.05, 0) is 26.3 Å². The lowest BCUT2D eigenvalue weighted by Gasteiger charge is -2.00. The van der Waals surface area contributed by atoms with E-state index in [-0.39, 0.29) is 5.91 Å². The van der Waals surface area contributed by atoms with Gasteiger partial charge >= 0.3 is 0 Å². The van der Waals surface area contributed by atoms with E-state index < -0.39 is 0 Å². The molecule has 1 aromatic heterocycles.